The van der Waals surface area contributed by atoms with Gasteiger partial charge in [-0.05, 0) is 25.1 Å². The average Bonchev–Trinajstić information content (AvgIpc) is 2.19. The van der Waals surface area contributed by atoms with Crippen molar-refractivity contribution < 1.29 is 17.6 Å². The number of hydrogen-bond donors (Lipinski definition) is 1. The van der Waals surface area contributed by atoms with E-state index in [2.05, 4.69) is 5.32 Å². The zero-order chi connectivity index (χ0) is 11.4. The van der Waals surface area contributed by atoms with Crippen LogP contribution in [-0.4, -0.2) is 19.5 Å². The molecule has 84 valence electrons. The van der Waals surface area contributed by atoms with Crippen LogP contribution in [0.5, 0.6) is 0 Å². The lowest BCUT2D eigenvalue weighted by Crippen LogP contribution is -2.35. The highest BCUT2D eigenvalue weighted by molar-refractivity contribution is 5.20. The van der Waals surface area contributed by atoms with Gasteiger partial charge in [-0.1, -0.05) is 12.1 Å². The molecule has 0 saturated heterocycles. The minimum Gasteiger partial charge on any atom is -0.312 e. The fourth-order valence-corrected chi connectivity index (χ4v) is 1.26. The Morgan fingerprint density at radius 2 is 1.93 bits per heavy atom. The van der Waals surface area contributed by atoms with Crippen LogP contribution < -0.4 is 5.32 Å². The van der Waals surface area contributed by atoms with Gasteiger partial charge in [0.25, 0.3) is 6.43 Å². The number of likely N-dealkylation sites (N-methyl/N-ethyl adjacent to an activating group) is 1. The molecule has 0 spiro atoms. The van der Waals surface area contributed by atoms with Crippen molar-refractivity contribution in [1.29, 1.82) is 0 Å². The minimum absolute atomic E-state index is 0.0466. The first-order valence-corrected chi connectivity index (χ1v) is 4.44. The Bertz CT molecular complexity index is 327. The number of rotatable bonds is 4. The molecule has 5 heteroatoms. The quantitative estimate of drug-likeness (QED) is 0.769. The summed E-state index contributed by atoms with van der Waals surface area (Å²) in [5.41, 5.74) is -0.0466. The number of benzene rings is 1. The summed E-state index contributed by atoms with van der Waals surface area (Å²) in [6.45, 7) is 0. The van der Waals surface area contributed by atoms with Crippen LogP contribution in [0.25, 0.3) is 0 Å². The molecule has 1 N–H and O–H groups in total. The van der Waals surface area contributed by atoms with Crippen molar-refractivity contribution in [1.82, 2.24) is 5.32 Å². The smallest absolute Gasteiger partial charge is 0.254 e. The van der Waals surface area contributed by atoms with E-state index in [0.717, 1.165) is 6.07 Å². The van der Waals surface area contributed by atoms with Crippen molar-refractivity contribution in [2.24, 2.45) is 0 Å². The van der Waals surface area contributed by atoms with Crippen LogP contribution in [0.15, 0.2) is 18.2 Å². The summed E-state index contributed by atoms with van der Waals surface area (Å²) in [6.07, 6.45) is -2.85. The number of nitrogens with one attached hydrogen (secondary N) is 1. The Hall–Kier alpha value is -1.10. The van der Waals surface area contributed by atoms with Crippen LogP contribution in [0.2, 0.25) is 0 Å². The summed E-state index contributed by atoms with van der Waals surface area (Å²) in [5, 5.41) is 2.36. The maximum Gasteiger partial charge on any atom is 0.254 e. The van der Waals surface area contributed by atoms with Gasteiger partial charge in [0.15, 0.2) is 11.6 Å². The molecule has 0 aliphatic carbocycles. The molecule has 1 unspecified atom stereocenters. The van der Waals surface area contributed by atoms with Gasteiger partial charge in [0.05, 0.1) is 6.04 Å². The zero-order valence-electron chi connectivity index (χ0n) is 8.11. The molecule has 0 aromatic heterocycles. The molecule has 1 atom stereocenters. The first-order valence-electron chi connectivity index (χ1n) is 4.44. The summed E-state index contributed by atoms with van der Waals surface area (Å²) in [5.74, 6) is -2.07. The standard InChI is InChI=1S/C10H11F4N/c1-15-8(10(13)14)5-6-3-2-4-7(11)9(6)12/h2-4,8,10,15H,5H2,1H3. The molecule has 1 aromatic carbocycles. The predicted octanol–water partition coefficient (Wildman–Crippen LogP) is 2.36. The summed E-state index contributed by atoms with van der Waals surface area (Å²) in [4.78, 5) is 0. The molecule has 0 heterocycles. The molecule has 1 nitrogen and oxygen atoms in total. The third kappa shape index (κ3) is 2.92. The third-order valence-electron chi connectivity index (χ3n) is 2.15. The highest BCUT2D eigenvalue weighted by Crippen LogP contribution is 2.15. The first kappa shape index (κ1) is 12.0. The molecule has 0 aliphatic rings. The van der Waals surface area contributed by atoms with Crippen LogP contribution >= 0.6 is 0 Å². The van der Waals surface area contributed by atoms with Crippen LogP contribution in [0, 0.1) is 11.6 Å². The van der Waals surface area contributed by atoms with E-state index in [-0.39, 0.29) is 12.0 Å². The maximum atomic E-state index is 13.1. The van der Waals surface area contributed by atoms with Gasteiger partial charge < -0.3 is 5.32 Å². The third-order valence-corrected chi connectivity index (χ3v) is 2.15. The van der Waals surface area contributed by atoms with Crippen molar-refractivity contribution in [3.63, 3.8) is 0 Å². The average molecular weight is 221 g/mol. The van der Waals surface area contributed by atoms with Crippen LogP contribution in [0.1, 0.15) is 5.56 Å². The van der Waals surface area contributed by atoms with E-state index in [1.54, 1.807) is 0 Å². The molecule has 0 amide bonds. The fourth-order valence-electron chi connectivity index (χ4n) is 1.26. The summed E-state index contributed by atoms with van der Waals surface area (Å²) in [6, 6.07) is 2.38. The van der Waals surface area contributed by atoms with Gasteiger partial charge in [0.1, 0.15) is 0 Å². The largest absolute Gasteiger partial charge is 0.312 e. The van der Waals surface area contributed by atoms with Crippen LogP contribution in [-0.2, 0) is 6.42 Å². The molecule has 0 bridgehead atoms. The number of alkyl halides is 2. The van der Waals surface area contributed by atoms with E-state index >= 15 is 0 Å². The molecule has 1 rings (SSSR count). The number of halogens is 4. The molecule has 0 radical (unpaired) electrons. The lowest BCUT2D eigenvalue weighted by Gasteiger charge is -2.15. The fraction of sp³-hybridized carbons (Fsp3) is 0.400. The van der Waals surface area contributed by atoms with E-state index < -0.39 is 24.1 Å². The molecule has 0 saturated carbocycles. The molecule has 0 aliphatic heterocycles. The van der Waals surface area contributed by atoms with Crippen molar-refractivity contribution in [2.45, 2.75) is 18.9 Å². The van der Waals surface area contributed by atoms with E-state index in [4.69, 9.17) is 0 Å². The maximum absolute atomic E-state index is 13.1. The van der Waals surface area contributed by atoms with Gasteiger partial charge in [0.2, 0.25) is 0 Å². The van der Waals surface area contributed by atoms with E-state index in [1.165, 1.54) is 19.2 Å². The summed E-state index contributed by atoms with van der Waals surface area (Å²) in [7, 11) is 1.36. The monoisotopic (exact) mass is 221 g/mol. The normalized spacial score (nSPS) is 13.2. The van der Waals surface area contributed by atoms with Crippen molar-refractivity contribution >= 4 is 0 Å². The molecule has 1 aromatic rings. The minimum atomic E-state index is -2.61. The van der Waals surface area contributed by atoms with E-state index in [1.807, 2.05) is 0 Å². The van der Waals surface area contributed by atoms with Gasteiger partial charge in [-0.3, -0.25) is 0 Å². The Kier molecular flexibility index (Phi) is 4.08. The van der Waals surface area contributed by atoms with Gasteiger partial charge in [-0.15, -0.1) is 0 Å². The van der Waals surface area contributed by atoms with Crippen molar-refractivity contribution in [3.8, 4) is 0 Å². The van der Waals surface area contributed by atoms with Crippen molar-refractivity contribution in [3.05, 3.63) is 35.4 Å². The Balaban J connectivity index is 2.84. The summed E-state index contributed by atoms with van der Waals surface area (Å²) < 4.78 is 50.5. The molecule has 0 fully saturated rings. The topological polar surface area (TPSA) is 12.0 Å². The highest BCUT2D eigenvalue weighted by atomic mass is 19.3. The zero-order valence-corrected chi connectivity index (χ0v) is 8.11. The van der Waals surface area contributed by atoms with Gasteiger partial charge >= 0.3 is 0 Å². The second-order valence-electron chi connectivity index (χ2n) is 3.15. The van der Waals surface area contributed by atoms with Crippen LogP contribution in [0.4, 0.5) is 17.6 Å². The van der Waals surface area contributed by atoms with E-state index in [0.29, 0.717) is 0 Å². The lowest BCUT2D eigenvalue weighted by molar-refractivity contribution is 0.102. The van der Waals surface area contributed by atoms with Gasteiger partial charge in [-0.25, -0.2) is 17.6 Å². The Morgan fingerprint density at radius 1 is 1.27 bits per heavy atom. The SMILES string of the molecule is CNC(Cc1cccc(F)c1F)C(F)F. The second-order valence-corrected chi connectivity index (χ2v) is 3.15. The number of hydrogen-bond acceptors (Lipinski definition) is 1. The Morgan fingerprint density at radius 3 is 2.47 bits per heavy atom. The second kappa shape index (κ2) is 5.11. The first-order chi connectivity index (χ1) is 7.06. The highest BCUT2D eigenvalue weighted by Gasteiger charge is 2.20. The molecule has 15 heavy (non-hydrogen) atoms. The van der Waals surface area contributed by atoms with E-state index in [9.17, 15) is 17.6 Å². The Labute approximate surface area is 85.1 Å². The van der Waals surface area contributed by atoms with Gasteiger partial charge in [-0.2, -0.15) is 0 Å². The van der Waals surface area contributed by atoms with Gasteiger partial charge in [0, 0.05) is 0 Å². The predicted molar refractivity (Wildman–Crippen MR) is 48.9 cm³/mol. The van der Waals surface area contributed by atoms with Crippen LogP contribution in [0.3, 0.4) is 0 Å². The lowest BCUT2D eigenvalue weighted by atomic mass is 10.1. The molecular weight excluding hydrogens is 210 g/mol. The molecular formula is C10H11F4N. The summed E-state index contributed by atoms with van der Waals surface area (Å²) >= 11 is 0. The van der Waals surface area contributed by atoms with Crippen molar-refractivity contribution in [2.75, 3.05) is 7.05 Å².